The van der Waals surface area contributed by atoms with Crippen LogP contribution >= 0.6 is 0 Å². The second-order valence-electron chi connectivity index (χ2n) is 8.34. The molecular weight excluding hydrogens is 649 g/mol. The van der Waals surface area contributed by atoms with E-state index in [1.54, 1.807) is 0 Å². The lowest BCUT2D eigenvalue weighted by Crippen LogP contribution is -2.24. The fourth-order valence-electron chi connectivity index (χ4n) is 3.79. The molecule has 1 aromatic heterocycles. The second kappa shape index (κ2) is 10.3. The van der Waals surface area contributed by atoms with Crippen LogP contribution in [0.3, 0.4) is 0 Å². The number of nitriles is 2. The number of nitrogens with zero attached hydrogens (tertiary/aromatic N) is 4. The molecule has 0 amide bonds. The van der Waals surface area contributed by atoms with Crippen molar-refractivity contribution in [2.75, 3.05) is 0 Å². The van der Waals surface area contributed by atoms with E-state index in [0.29, 0.717) is 12.1 Å². The lowest BCUT2D eigenvalue weighted by molar-refractivity contribution is -0.278. The zero-order valence-corrected chi connectivity index (χ0v) is 20.1. The van der Waals surface area contributed by atoms with E-state index in [1.807, 2.05) is 0 Å². The molecule has 0 aliphatic rings. The van der Waals surface area contributed by atoms with Crippen molar-refractivity contribution >= 4 is 5.78 Å². The lowest BCUT2D eigenvalue weighted by atomic mass is 9.94. The van der Waals surface area contributed by atoms with Crippen LogP contribution in [0.25, 0.3) is 16.9 Å². The van der Waals surface area contributed by atoms with Crippen LogP contribution < -0.4 is 5.11 Å². The molecule has 44 heavy (non-hydrogen) atoms. The Kier molecular flexibility index (Phi) is 7.89. The minimum Gasteiger partial charge on any atom is -0.858 e. The van der Waals surface area contributed by atoms with E-state index in [-0.39, 0.29) is 0 Å². The quantitative estimate of drug-likeness (QED) is 0.220. The van der Waals surface area contributed by atoms with Crippen molar-refractivity contribution in [2.45, 2.75) is 30.9 Å². The molecule has 0 aliphatic heterocycles. The van der Waals surface area contributed by atoms with Crippen molar-refractivity contribution in [1.82, 2.24) is 9.78 Å². The summed E-state index contributed by atoms with van der Waals surface area (Å²) in [5, 5.41) is 33.7. The van der Waals surface area contributed by atoms with Gasteiger partial charge in [-0.2, -0.15) is 81.5 Å². The molecule has 0 N–H and O–H groups in total. The molecule has 0 fully saturated rings. The van der Waals surface area contributed by atoms with E-state index in [2.05, 4.69) is 5.10 Å². The molecule has 0 saturated carbocycles. The molecule has 234 valence electrons. The highest BCUT2D eigenvalue weighted by molar-refractivity contribution is 6.07. The highest BCUT2D eigenvalue weighted by Crippen LogP contribution is 2.45. The van der Waals surface area contributed by atoms with Gasteiger partial charge in [0.15, 0.2) is 0 Å². The van der Waals surface area contributed by atoms with E-state index in [4.69, 9.17) is 10.5 Å². The van der Waals surface area contributed by atoms with Gasteiger partial charge in [-0.15, -0.1) is 0 Å². The molecule has 0 unspecified atom stereocenters. The summed E-state index contributed by atoms with van der Waals surface area (Å²) >= 11 is 0. The maximum atomic E-state index is 13.6. The molecule has 0 saturated heterocycles. The molecule has 2 aromatic carbocycles. The van der Waals surface area contributed by atoms with Crippen molar-refractivity contribution in [3.05, 3.63) is 63.2 Å². The minimum atomic E-state index is -6.15. The van der Waals surface area contributed by atoms with E-state index >= 15 is 0 Å². The lowest BCUT2D eigenvalue weighted by Gasteiger charge is -2.19. The normalized spacial score (nSPS) is 13.0. The van der Waals surface area contributed by atoms with Gasteiger partial charge in [-0.05, 0) is 24.3 Å². The van der Waals surface area contributed by atoms with Crippen LogP contribution in [0.15, 0.2) is 24.3 Å². The number of hydrogen-bond acceptors (Lipinski definition) is 5. The Balaban J connectivity index is 2.59. The summed E-state index contributed by atoms with van der Waals surface area (Å²) in [6.45, 7) is 0. The molecule has 0 bridgehead atoms. The molecule has 3 aromatic rings. The van der Waals surface area contributed by atoms with Gasteiger partial charge in [0, 0.05) is 11.4 Å². The Hall–Kier alpha value is -4.95. The van der Waals surface area contributed by atoms with Gasteiger partial charge in [0.2, 0.25) is 0 Å². The first kappa shape index (κ1) is 33.6. The first-order valence-corrected chi connectivity index (χ1v) is 10.6. The largest absolute Gasteiger partial charge is 0.858 e. The van der Waals surface area contributed by atoms with Crippen LogP contribution in [-0.4, -0.2) is 21.7 Å². The number of aromatic nitrogens is 2. The molecule has 0 atom stereocenters. The predicted molar refractivity (Wildman–Crippen MR) is 108 cm³/mol. The molecule has 3 rings (SSSR count). The summed E-state index contributed by atoms with van der Waals surface area (Å²) in [5.74, 6) is -5.82. The first-order valence-electron chi connectivity index (χ1n) is 10.6. The summed E-state index contributed by atoms with van der Waals surface area (Å²) in [6.07, 6.45) is -29.5. The molecule has 1 heterocycles. The Morgan fingerprint density at radius 1 is 0.659 bits per heavy atom. The van der Waals surface area contributed by atoms with Crippen LogP contribution in [-0.2, 0) is 24.7 Å². The Morgan fingerprint density at radius 2 is 1.00 bits per heavy atom. The number of halogens is 15. The van der Waals surface area contributed by atoms with Gasteiger partial charge < -0.3 is 5.11 Å². The number of alkyl halides is 15. The number of carbonyl (C=O) groups excluding carboxylic acids is 1. The van der Waals surface area contributed by atoms with E-state index < -0.39 is 127 Å². The molecule has 0 radical (unpaired) electrons. The minimum absolute atomic E-state index is 0.408. The van der Waals surface area contributed by atoms with Crippen molar-refractivity contribution in [1.29, 1.82) is 10.5 Å². The third-order valence-electron chi connectivity index (χ3n) is 5.55. The number of benzene rings is 2. The van der Waals surface area contributed by atoms with E-state index in [0.717, 1.165) is 0 Å². The topological polar surface area (TPSA) is 106 Å². The van der Waals surface area contributed by atoms with E-state index in [9.17, 15) is 75.8 Å². The Bertz CT molecular complexity index is 1670. The molecule has 0 spiro atoms. The van der Waals surface area contributed by atoms with Crippen LogP contribution in [0, 0.1) is 22.7 Å². The zero-order valence-electron chi connectivity index (χ0n) is 20.1. The van der Waals surface area contributed by atoms with Crippen LogP contribution in [0.4, 0.5) is 65.9 Å². The van der Waals surface area contributed by atoms with Crippen molar-refractivity contribution < 1.29 is 75.8 Å². The van der Waals surface area contributed by atoms with Gasteiger partial charge in [-0.25, -0.2) is 4.68 Å². The molecular formula is C23H4F15N4O2-. The zero-order chi connectivity index (χ0) is 34.0. The fraction of sp³-hybridized carbons (Fsp3) is 0.217. The van der Waals surface area contributed by atoms with Crippen molar-refractivity contribution in [3.63, 3.8) is 0 Å². The van der Waals surface area contributed by atoms with Crippen LogP contribution in [0.5, 0.6) is 5.88 Å². The SMILES string of the molecule is N#Cc1c(C(F)(F)F)cc(-c2nn(-c3cc(C(F)(F)F)c(C#N)c(C(F)(F)F)c3)c([O-])c2C(=O)C(F)(F)F)cc1C(F)(F)F. The first-order chi connectivity index (χ1) is 19.7. The second-order valence-corrected chi connectivity index (χ2v) is 8.34. The Labute approximate surface area is 231 Å². The summed E-state index contributed by atoms with van der Waals surface area (Å²) in [6, 6.07) is -0.478. The average Bonchev–Trinajstić information content (AvgIpc) is 3.20. The van der Waals surface area contributed by atoms with Gasteiger partial charge >= 0.3 is 30.9 Å². The van der Waals surface area contributed by atoms with Crippen LogP contribution in [0.1, 0.15) is 43.7 Å². The van der Waals surface area contributed by atoms with Crippen molar-refractivity contribution in [3.8, 4) is 35.0 Å². The molecule has 21 heteroatoms. The highest BCUT2D eigenvalue weighted by atomic mass is 19.4. The molecule has 6 nitrogen and oxygen atoms in total. The van der Waals surface area contributed by atoms with E-state index in [1.165, 1.54) is 0 Å². The Morgan fingerprint density at radius 3 is 1.30 bits per heavy atom. The predicted octanol–water partition coefficient (Wildman–Crippen LogP) is 7.18. The van der Waals surface area contributed by atoms with Gasteiger partial charge in [0.1, 0.15) is 17.8 Å². The standard InChI is InChI=1S/C23H5F15N4O2/c24-19(25,26)11-1-7(2-12(9(11)5-39)20(27,28)29)16-15(17(43)23(36,37)38)18(44)42(41-16)8-3-13(21(30,31)32)10(6-40)14(4-8)22(33,34)35/h1-4,44H/p-1. The number of rotatable bonds is 3. The summed E-state index contributed by atoms with van der Waals surface area (Å²) in [5.41, 5.74) is -21.9. The summed E-state index contributed by atoms with van der Waals surface area (Å²) in [7, 11) is 0. The number of hydrogen-bond donors (Lipinski definition) is 0. The van der Waals surface area contributed by atoms with Crippen LogP contribution in [0.2, 0.25) is 0 Å². The number of carbonyl (C=O) groups is 1. The fourth-order valence-corrected chi connectivity index (χ4v) is 3.79. The molecule has 0 aliphatic carbocycles. The average molecular weight is 653 g/mol. The third-order valence-corrected chi connectivity index (χ3v) is 5.55. The maximum Gasteiger partial charge on any atom is 0.454 e. The highest BCUT2D eigenvalue weighted by Gasteiger charge is 2.46. The smallest absolute Gasteiger partial charge is 0.454 e. The van der Waals surface area contributed by atoms with Crippen molar-refractivity contribution in [2.24, 2.45) is 0 Å². The van der Waals surface area contributed by atoms with Gasteiger partial charge in [-0.1, -0.05) is 0 Å². The summed E-state index contributed by atoms with van der Waals surface area (Å²) < 4.78 is 202. The van der Waals surface area contributed by atoms with Gasteiger partial charge in [0.05, 0.1) is 44.6 Å². The third kappa shape index (κ3) is 6.07. The summed E-state index contributed by atoms with van der Waals surface area (Å²) in [4.78, 5) is 12.1. The maximum absolute atomic E-state index is 13.6. The van der Waals surface area contributed by atoms with Gasteiger partial charge in [-0.3, -0.25) is 4.79 Å². The number of Topliss-reactive ketones (excluding diaryl/α,β-unsaturated/α-hetero) is 1. The monoisotopic (exact) mass is 653 g/mol. The van der Waals surface area contributed by atoms with Gasteiger partial charge in [0.25, 0.3) is 5.78 Å². The number of ketones is 1.